The lowest BCUT2D eigenvalue weighted by atomic mass is 10.0. The molecule has 1 atom stereocenters. The molecular weight excluding hydrogens is 518 g/mol. The second kappa shape index (κ2) is 9.13. The summed E-state index contributed by atoms with van der Waals surface area (Å²) in [6.07, 6.45) is 3.26. The molecule has 5 rings (SSSR count). The van der Waals surface area contributed by atoms with Crippen LogP contribution < -0.4 is 10.1 Å². The Balaban J connectivity index is 1.52. The lowest BCUT2D eigenvalue weighted by Gasteiger charge is -2.37. The number of fused-ring (bicyclic) bond motifs is 2. The van der Waals surface area contributed by atoms with Crippen molar-refractivity contribution in [2.45, 2.75) is 24.9 Å². The zero-order chi connectivity index (χ0) is 26.5. The molecule has 1 saturated heterocycles. The first-order valence-corrected chi connectivity index (χ1v) is 13.1. The van der Waals surface area contributed by atoms with Crippen LogP contribution in [-0.2, 0) is 16.6 Å². The molecule has 1 aromatic carbocycles. The van der Waals surface area contributed by atoms with Gasteiger partial charge in [-0.15, -0.1) is 5.10 Å². The Labute approximate surface area is 208 Å². The molecule has 4 heterocycles. The smallest absolute Gasteiger partial charge is 0.281 e. The Bertz CT molecular complexity index is 1590. The summed E-state index contributed by atoms with van der Waals surface area (Å²) < 4.78 is 89.9. The number of aromatic nitrogens is 5. The van der Waals surface area contributed by atoms with Crippen LogP contribution in [0.5, 0.6) is 5.88 Å². The summed E-state index contributed by atoms with van der Waals surface area (Å²) in [4.78, 5) is 8.40. The number of halogens is 4. The Morgan fingerprint density at radius 1 is 1.30 bits per heavy atom. The highest BCUT2D eigenvalue weighted by molar-refractivity contribution is 7.88. The van der Waals surface area contributed by atoms with Gasteiger partial charge in [-0.2, -0.15) is 9.29 Å². The Hall–Kier alpha value is -3.46. The number of benzene rings is 1. The van der Waals surface area contributed by atoms with E-state index in [2.05, 4.69) is 20.4 Å². The maximum absolute atomic E-state index is 15.2. The Morgan fingerprint density at radius 3 is 2.76 bits per heavy atom. The van der Waals surface area contributed by atoms with Gasteiger partial charge >= 0.3 is 0 Å². The molecule has 3 aromatic heterocycles. The van der Waals surface area contributed by atoms with E-state index in [1.807, 2.05) is 0 Å². The molecule has 1 aliphatic heterocycles. The normalized spacial score (nSPS) is 18.5. The van der Waals surface area contributed by atoms with E-state index >= 15 is 4.39 Å². The molecule has 0 radical (unpaired) electrons. The molecule has 10 nitrogen and oxygen atoms in total. The van der Waals surface area contributed by atoms with Gasteiger partial charge in [0.2, 0.25) is 21.9 Å². The molecule has 0 spiro atoms. The van der Waals surface area contributed by atoms with Gasteiger partial charge in [0, 0.05) is 6.54 Å². The van der Waals surface area contributed by atoms with E-state index < -0.39 is 41.0 Å². The van der Waals surface area contributed by atoms with Crippen LogP contribution in [-0.4, -0.2) is 82.0 Å². The van der Waals surface area contributed by atoms with Crippen molar-refractivity contribution in [3.63, 3.8) is 0 Å². The SMILES string of the molecule is COc1nc(N[C@@H]2CCN(S(C)(=O)=O)CC2(F)F)nn2cc(F)c(-c3ccc4ncn(CCF)c4c3)c12. The minimum absolute atomic E-state index is 0.0642. The van der Waals surface area contributed by atoms with E-state index in [4.69, 9.17) is 4.74 Å². The van der Waals surface area contributed by atoms with Crippen LogP contribution in [0.15, 0.2) is 30.7 Å². The first-order chi connectivity index (χ1) is 17.5. The number of ether oxygens (including phenoxy) is 1. The Morgan fingerprint density at radius 2 is 2.08 bits per heavy atom. The number of nitrogens with one attached hydrogen (secondary N) is 1. The van der Waals surface area contributed by atoms with Crippen molar-refractivity contribution in [3.05, 3.63) is 36.5 Å². The molecule has 0 bridgehead atoms. The third-order valence-electron chi connectivity index (χ3n) is 6.32. The first kappa shape index (κ1) is 25.2. The molecule has 198 valence electrons. The van der Waals surface area contributed by atoms with Gasteiger partial charge in [0.05, 0.1) is 61.6 Å². The van der Waals surface area contributed by atoms with Crippen LogP contribution in [0.4, 0.5) is 23.5 Å². The van der Waals surface area contributed by atoms with Gasteiger partial charge in [0.1, 0.15) is 12.2 Å². The van der Waals surface area contributed by atoms with E-state index in [1.54, 1.807) is 22.8 Å². The minimum atomic E-state index is -3.77. The zero-order valence-electron chi connectivity index (χ0n) is 19.8. The second-order valence-electron chi connectivity index (χ2n) is 8.76. The van der Waals surface area contributed by atoms with Crippen molar-refractivity contribution in [2.75, 3.05) is 38.4 Å². The lowest BCUT2D eigenvalue weighted by molar-refractivity contribution is -0.0541. The van der Waals surface area contributed by atoms with Crippen molar-refractivity contribution in [2.24, 2.45) is 0 Å². The van der Waals surface area contributed by atoms with E-state index in [9.17, 15) is 21.6 Å². The molecule has 1 N–H and O–H groups in total. The van der Waals surface area contributed by atoms with Crippen LogP contribution in [0.3, 0.4) is 0 Å². The molecule has 1 aliphatic rings. The summed E-state index contributed by atoms with van der Waals surface area (Å²) in [5.74, 6) is -4.37. The van der Waals surface area contributed by atoms with Crippen LogP contribution >= 0.6 is 0 Å². The van der Waals surface area contributed by atoms with Crippen molar-refractivity contribution in [1.82, 2.24) is 28.5 Å². The molecule has 37 heavy (non-hydrogen) atoms. The second-order valence-corrected chi connectivity index (χ2v) is 10.7. The lowest BCUT2D eigenvalue weighted by Crippen LogP contribution is -2.55. The quantitative estimate of drug-likeness (QED) is 0.359. The number of hydrogen-bond donors (Lipinski definition) is 1. The van der Waals surface area contributed by atoms with Gasteiger partial charge < -0.3 is 14.6 Å². The van der Waals surface area contributed by atoms with Crippen LogP contribution in [0.2, 0.25) is 0 Å². The molecule has 0 amide bonds. The number of anilines is 1. The maximum atomic E-state index is 15.2. The summed E-state index contributed by atoms with van der Waals surface area (Å²) in [5, 5.41) is 6.72. The summed E-state index contributed by atoms with van der Waals surface area (Å²) in [6, 6.07) is 3.54. The highest BCUT2D eigenvalue weighted by Gasteiger charge is 2.47. The highest BCUT2D eigenvalue weighted by atomic mass is 32.2. The van der Waals surface area contributed by atoms with E-state index in [-0.39, 0.29) is 42.4 Å². The van der Waals surface area contributed by atoms with Gasteiger partial charge in [0.15, 0.2) is 5.82 Å². The first-order valence-electron chi connectivity index (χ1n) is 11.3. The summed E-state index contributed by atoms with van der Waals surface area (Å²) in [5.41, 5.74) is 1.94. The van der Waals surface area contributed by atoms with Gasteiger partial charge in [-0.3, -0.25) is 0 Å². The van der Waals surface area contributed by atoms with Crippen molar-refractivity contribution in [3.8, 4) is 17.0 Å². The highest BCUT2D eigenvalue weighted by Crippen LogP contribution is 2.36. The fourth-order valence-electron chi connectivity index (χ4n) is 4.51. The number of hydrogen-bond acceptors (Lipinski definition) is 7. The van der Waals surface area contributed by atoms with E-state index in [0.717, 1.165) is 21.3 Å². The van der Waals surface area contributed by atoms with Gasteiger partial charge in [-0.25, -0.2) is 35.5 Å². The summed E-state index contributed by atoms with van der Waals surface area (Å²) in [7, 11) is -2.47. The molecule has 1 fully saturated rings. The Kier molecular flexibility index (Phi) is 6.22. The van der Waals surface area contributed by atoms with Gasteiger partial charge in [-0.1, -0.05) is 6.07 Å². The summed E-state index contributed by atoms with van der Waals surface area (Å²) in [6.45, 7) is -1.58. The number of piperidine rings is 1. The summed E-state index contributed by atoms with van der Waals surface area (Å²) >= 11 is 0. The standard InChI is InChI=1S/C22H23F4N7O3S/c1-36-20-19-18(13-3-4-15-16(9-13)31(8-6-23)12-27-15)14(24)10-33(19)30-21(29-20)28-17-5-7-32(37(2,34)35)11-22(17,25)26/h3-4,9-10,12,17H,5-8,11H2,1-2H3,(H,28,30)/t17-/m1/s1. The molecule has 0 unspecified atom stereocenters. The maximum Gasteiger partial charge on any atom is 0.281 e. The van der Waals surface area contributed by atoms with E-state index in [0.29, 0.717) is 16.6 Å². The third-order valence-corrected chi connectivity index (χ3v) is 7.57. The fourth-order valence-corrected chi connectivity index (χ4v) is 5.35. The molecule has 0 aliphatic carbocycles. The van der Waals surface area contributed by atoms with Gasteiger partial charge in [-0.05, 0) is 24.1 Å². The average Bonchev–Trinajstić information content (AvgIpc) is 3.38. The van der Waals surface area contributed by atoms with Crippen LogP contribution in [0.1, 0.15) is 6.42 Å². The predicted octanol–water partition coefficient (Wildman–Crippen LogP) is 2.94. The van der Waals surface area contributed by atoms with Crippen molar-refractivity contribution >= 4 is 32.5 Å². The topological polar surface area (TPSA) is 107 Å². The molecular formula is C22H23F4N7O3S. The monoisotopic (exact) mass is 541 g/mol. The number of rotatable bonds is 7. The predicted molar refractivity (Wildman–Crippen MR) is 128 cm³/mol. The number of aryl methyl sites for hydroxylation is 1. The number of imidazole rings is 1. The van der Waals surface area contributed by atoms with Crippen molar-refractivity contribution in [1.29, 1.82) is 0 Å². The molecule has 15 heteroatoms. The number of nitrogens with zero attached hydrogens (tertiary/aromatic N) is 6. The number of methoxy groups -OCH3 is 1. The molecule has 0 saturated carbocycles. The number of alkyl halides is 3. The van der Waals surface area contributed by atoms with Crippen LogP contribution in [0.25, 0.3) is 27.7 Å². The van der Waals surface area contributed by atoms with E-state index in [1.165, 1.54) is 13.4 Å². The largest absolute Gasteiger partial charge is 0.479 e. The van der Waals surface area contributed by atoms with Gasteiger partial charge in [0.25, 0.3) is 5.92 Å². The third kappa shape index (κ3) is 4.56. The minimum Gasteiger partial charge on any atom is -0.479 e. The van der Waals surface area contributed by atoms with Crippen molar-refractivity contribution < 1.29 is 30.7 Å². The zero-order valence-corrected chi connectivity index (χ0v) is 20.6. The molecule has 4 aromatic rings. The van der Waals surface area contributed by atoms with Crippen LogP contribution in [0, 0.1) is 5.82 Å². The number of sulfonamides is 1. The fraction of sp³-hybridized carbons (Fsp3) is 0.409. The average molecular weight is 542 g/mol.